The SMILES string of the molecule is COc1ccc(OC)c2sc(NC(=O)c3ccc(S(=O)(=O)N4C[C@H](C)C[C@@H](C)C4)cc3)nc12. The third-order valence-electron chi connectivity index (χ3n) is 5.72. The van der Waals surface area contributed by atoms with E-state index < -0.39 is 10.0 Å². The smallest absolute Gasteiger partial charge is 0.257 e. The van der Waals surface area contributed by atoms with Crippen LogP contribution in [0.4, 0.5) is 5.13 Å². The number of nitrogens with one attached hydrogen (secondary N) is 1. The summed E-state index contributed by atoms with van der Waals surface area (Å²) in [6.07, 6.45) is 1.02. The van der Waals surface area contributed by atoms with Crippen molar-refractivity contribution >= 4 is 42.6 Å². The molecule has 2 heterocycles. The lowest BCUT2D eigenvalue weighted by atomic mass is 9.94. The monoisotopic (exact) mass is 489 g/mol. The molecule has 33 heavy (non-hydrogen) atoms. The van der Waals surface area contributed by atoms with Gasteiger partial charge in [-0.1, -0.05) is 25.2 Å². The van der Waals surface area contributed by atoms with Crippen LogP contribution in [0.15, 0.2) is 41.3 Å². The first kappa shape index (κ1) is 23.5. The maximum absolute atomic E-state index is 13.1. The van der Waals surface area contributed by atoms with E-state index in [0.29, 0.717) is 52.6 Å². The lowest BCUT2D eigenvalue weighted by molar-refractivity contribution is 0.102. The number of fused-ring (bicyclic) bond motifs is 1. The number of nitrogens with zero attached hydrogens (tertiary/aromatic N) is 2. The number of piperidine rings is 1. The average Bonchev–Trinajstić information content (AvgIpc) is 3.21. The van der Waals surface area contributed by atoms with Crippen molar-refractivity contribution in [1.82, 2.24) is 9.29 Å². The number of carbonyl (C=O) groups is 1. The number of hydrogen-bond acceptors (Lipinski definition) is 7. The van der Waals surface area contributed by atoms with E-state index in [2.05, 4.69) is 24.1 Å². The lowest BCUT2D eigenvalue weighted by Gasteiger charge is -2.34. The topological polar surface area (TPSA) is 97.8 Å². The van der Waals surface area contributed by atoms with E-state index in [1.807, 2.05) is 0 Å². The molecule has 1 N–H and O–H groups in total. The molecule has 4 rings (SSSR count). The fraction of sp³-hybridized carbons (Fsp3) is 0.391. The number of sulfonamides is 1. The van der Waals surface area contributed by atoms with Crippen molar-refractivity contribution in [1.29, 1.82) is 0 Å². The first-order chi connectivity index (χ1) is 15.7. The molecule has 0 spiro atoms. The molecule has 0 unspecified atom stereocenters. The quantitative estimate of drug-likeness (QED) is 0.556. The molecule has 1 saturated heterocycles. The van der Waals surface area contributed by atoms with Crippen LogP contribution < -0.4 is 14.8 Å². The Morgan fingerprint density at radius 3 is 2.24 bits per heavy atom. The van der Waals surface area contributed by atoms with Crippen molar-refractivity contribution in [2.24, 2.45) is 11.8 Å². The van der Waals surface area contributed by atoms with E-state index in [4.69, 9.17) is 9.47 Å². The van der Waals surface area contributed by atoms with Crippen LogP contribution in [0.2, 0.25) is 0 Å². The first-order valence-electron chi connectivity index (χ1n) is 10.7. The maximum atomic E-state index is 13.1. The molecule has 1 aliphatic rings. The van der Waals surface area contributed by atoms with Gasteiger partial charge in [-0.05, 0) is 54.7 Å². The van der Waals surface area contributed by atoms with Gasteiger partial charge in [-0.15, -0.1) is 0 Å². The molecular formula is C23H27N3O5S2. The Hall–Kier alpha value is -2.69. The zero-order chi connectivity index (χ0) is 23.8. The highest BCUT2D eigenvalue weighted by molar-refractivity contribution is 7.89. The molecule has 0 aliphatic carbocycles. The minimum Gasteiger partial charge on any atom is -0.495 e. The predicted octanol–water partition coefficient (Wildman–Crippen LogP) is 4.23. The van der Waals surface area contributed by atoms with E-state index in [1.165, 1.54) is 35.6 Å². The minimum absolute atomic E-state index is 0.190. The number of carbonyl (C=O) groups excluding carboxylic acids is 1. The molecule has 0 bridgehead atoms. The molecule has 176 valence electrons. The summed E-state index contributed by atoms with van der Waals surface area (Å²) in [5, 5.41) is 3.18. The third-order valence-corrected chi connectivity index (χ3v) is 8.55. The van der Waals surface area contributed by atoms with Gasteiger partial charge in [-0.2, -0.15) is 4.31 Å². The first-order valence-corrected chi connectivity index (χ1v) is 12.9. The molecule has 10 heteroatoms. The zero-order valence-electron chi connectivity index (χ0n) is 19.0. The maximum Gasteiger partial charge on any atom is 0.257 e. The van der Waals surface area contributed by atoms with Crippen LogP contribution in [-0.2, 0) is 10.0 Å². The molecule has 0 radical (unpaired) electrons. The van der Waals surface area contributed by atoms with Gasteiger partial charge >= 0.3 is 0 Å². The Bertz CT molecular complexity index is 1220. The summed E-state index contributed by atoms with van der Waals surface area (Å²) in [5.74, 6) is 1.48. The summed E-state index contributed by atoms with van der Waals surface area (Å²) in [6.45, 7) is 5.16. The van der Waals surface area contributed by atoms with Gasteiger partial charge in [0.05, 0.1) is 19.1 Å². The van der Waals surface area contributed by atoms with Crippen LogP contribution in [0.5, 0.6) is 11.5 Å². The van der Waals surface area contributed by atoms with E-state index in [9.17, 15) is 13.2 Å². The van der Waals surface area contributed by atoms with Crippen molar-refractivity contribution in [2.45, 2.75) is 25.2 Å². The van der Waals surface area contributed by atoms with Gasteiger partial charge in [0.15, 0.2) is 5.13 Å². The molecule has 0 saturated carbocycles. The highest BCUT2D eigenvalue weighted by atomic mass is 32.2. The number of thiazole rings is 1. The van der Waals surface area contributed by atoms with Crippen LogP contribution in [0.1, 0.15) is 30.6 Å². The molecule has 1 aliphatic heterocycles. The van der Waals surface area contributed by atoms with Crippen LogP contribution in [0.25, 0.3) is 10.2 Å². The van der Waals surface area contributed by atoms with Crippen molar-refractivity contribution in [2.75, 3.05) is 32.6 Å². The molecular weight excluding hydrogens is 462 g/mol. The average molecular weight is 490 g/mol. The van der Waals surface area contributed by atoms with E-state index in [1.54, 1.807) is 30.7 Å². The van der Waals surface area contributed by atoms with Crippen molar-refractivity contribution < 1.29 is 22.7 Å². The summed E-state index contributed by atoms with van der Waals surface area (Å²) in [6, 6.07) is 9.56. The lowest BCUT2D eigenvalue weighted by Crippen LogP contribution is -2.42. The summed E-state index contributed by atoms with van der Waals surface area (Å²) in [7, 11) is -0.474. The van der Waals surface area contributed by atoms with Gasteiger partial charge < -0.3 is 9.47 Å². The Morgan fingerprint density at radius 2 is 1.64 bits per heavy atom. The Balaban J connectivity index is 1.53. The predicted molar refractivity (Wildman–Crippen MR) is 129 cm³/mol. The second kappa shape index (κ2) is 9.28. The van der Waals surface area contributed by atoms with Crippen molar-refractivity contribution in [3.8, 4) is 11.5 Å². The van der Waals surface area contributed by atoms with Crippen molar-refractivity contribution in [3.63, 3.8) is 0 Å². The standard InChI is InChI=1S/C23H27N3O5S2/c1-14-11-15(2)13-26(12-14)33(28,29)17-7-5-16(6-8-17)22(27)25-23-24-20-18(30-3)9-10-19(31-4)21(20)32-23/h5-10,14-15H,11-13H2,1-4H3,(H,24,25,27)/t14-,15-/m1/s1. The van der Waals surface area contributed by atoms with Crippen LogP contribution in [0.3, 0.4) is 0 Å². The van der Waals surface area contributed by atoms with Gasteiger partial charge in [-0.25, -0.2) is 13.4 Å². The molecule has 1 fully saturated rings. The number of ether oxygens (including phenoxy) is 2. The van der Waals surface area contributed by atoms with Gasteiger partial charge in [0.2, 0.25) is 10.0 Å². The number of anilines is 1. The van der Waals surface area contributed by atoms with Crippen LogP contribution in [0, 0.1) is 11.8 Å². The largest absolute Gasteiger partial charge is 0.495 e. The third kappa shape index (κ3) is 4.68. The number of amides is 1. The summed E-state index contributed by atoms with van der Waals surface area (Å²) < 4.78 is 39.2. The molecule has 8 nitrogen and oxygen atoms in total. The number of benzene rings is 2. The number of methoxy groups -OCH3 is 2. The Morgan fingerprint density at radius 1 is 1.03 bits per heavy atom. The second-order valence-corrected chi connectivity index (χ2v) is 11.4. The minimum atomic E-state index is -3.60. The summed E-state index contributed by atoms with van der Waals surface area (Å²) in [5.41, 5.74) is 0.941. The number of aromatic nitrogens is 1. The molecule has 3 aromatic rings. The van der Waals surface area contributed by atoms with Crippen LogP contribution >= 0.6 is 11.3 Å². The molecule has 2 atom stereocenters. The molecule has 1 aromatic heterocycles. The Labute approximate surface area is 197 Å². The summed E-state index contributed by atoms with van der Waals surface area (Å²) >= 11 is 1.28. The van der Waals surface area contributed by atoms with Gasteiger partial charge in [0.1, 0.15) is 21.7 Å². The normalized spacial score (nSPS) is 19.4. The van der Waals surface area contributed by atoms with Gasteiger partial charge in [-0.3, -0.25) is 10.1 Å². The summed E-state index contributed by atoms with van der Waals surface area (Å²) in [4.78, 5) is 17.4. The van der Waals surface area contributed by atoms with E-state index in [0.717, 1.165) is 11.1 Å². The van der Waals surface area contributed by atoms with Gasteiger partial charge in [0, 0.05) is 18.7 Å². The van der Waals surface area contributed by atoms with Crippen LogP contribution in [-0.4, -0.2) is 50.9 Å². The van der Waals surface area contributed by atoms with Gasteiger partial charge in [0.25, 0.3) is 5.91 Å². The highest BCUT2D eigenvalue weighted by Crippen LogP contribution is 2.39. The Kier molecular flexibility index (Phi) is 6.60. The van der Waals surface area contributed by atoms with E-state index in [-0.39, 0.29) is 10.8 Å². The molecule has 2 aromatic carbocycles. The zero-order valence-corrected chi connectivity index (χ0v) is 20.6. The van der Waals surface area contributed by atoms with E-state index >= 15 is 0 Å². The molecule has 1 amide bonds. The van der Waals surface area contributed by atoms with Crippen molar-refractivity contribution in [3.05, 3.63) is 42.0 Å². The number of rotatable bonds is 6. The fourth-order valence-electron chi connectivity index (χ4n) is 4.24. The number of hydrogen-bond donors (Lipinski definition) is 1. The fourth-order valence-corrected chi connectivity index (χ4v) is 6.89. The second-order valence-electron chi connectivity index (χ2n) is 8.41. The highest BCUT2D eigenvalue weighted by Gasteiger charge is 2.31.